The van der Waals surface area contributed by atoms with Crippen LogP contribution in [-0.4, -0.2) is 31.4 Å². The Bertz CT molecular complexity index is 471. The molecule has 0 aliphatic carbocycles. The van der Waals surface area contributed by atoms with Crippen LogP contribution in [0.3, 0.4) is 0 Å². The van der Waals surface area contributed by atoms with E-state index >= 15 is 0 Å². The second-order valence-corrected chi connectivity index (χ2v) is 4.87. The first kappa shape index (κ1) is 17.5. The molecule has 1 aromatic rings. The van der Waals surface area contributed by atoms with Crippen molar-refractivity contribution in [1.82, 2.24) is 0 Å². The molecule has 0 aromatic heterocycles. The molecule has 0 unspecified atom stereocenters. The predicted molar refractivity (Wildman–Crippen MR) is 82.7 cm³/mol. The van der Waals surface area contributed by atoms with E-state index in [4.69, 9.17) is 21.4 Å². The van der Waals surface area contributed by atoms with Gasteiger partial charge in [-0.15, -0.1) is 0 Å². The molecule has 116 valence electrons. The second-order valence-electron chi connectivity index (χ2n) is 4.46. The Labute approximate surface area is 130 Å². The van der Waals surface area contributed by atoms with Crippen LogP contribution >= 0.6 is 11.6 Å². The lowest BCUT2D eigenvalue weighted by Gasteiger charge is -2.08. The molecule has 0 fully saturated rings. The summed E-state index contributed by atoms with van der Waals surface area (Å²) in [7, 11) is 1.38. The fourth-order valence-electron chi connectivity index (χ4n) is 1.71. The van der Waals surface area contributed by atoms with Gasteiger partial charge in [0.05, 0.1) is 18.7 Å². The molecule has 0 saturated carbocycles. The first-order valence-electron chi connectivity index (χ1n) is 6.91. The molecular formula is C16H21ClO4. The number of esters is 1. The number of halogens is 1. The van der Waals surface area contributed by atoms with Crippen LogP contribution in [0.4, 0.5) is 0 Å². The maximum Gasteiger partial charge on any atom is 0.305 e. The quantitative estimate of drug-likeness (QED) is 0.432. The number of carbonyl (C=O) groups excluding carboxylic acids is 1. The number of rotatable bonds is 9. The molecule has 0 aliphatic heterocycles. The third kappa shape index (κ3) is 7.16. The Morgan fingerprint density at radius 2 is 2.10 bits per heavy atom. The Morgan fingerprint density at radius 3 is 2.76 bits per heavy atom. The van der Waals surface area contributed by atoms with Gasteiger partial charge in [0.15, 0.2) is 0 Å². The second kappa shape index (κ2) is 10.2. The maximum atomic E-state index is 11.1. The van der Waals surface area contributed by atoms with E-state index < -0.39 is 0 Å². The Kier molecular flexibility index (Phi) is 8.55. The van der Waals surface area contributed by atoms with Gasteiger partial charge in [-0.25, -0.2) is 0 Å². The summed E-state index contributed by atoms with van der Waals surface area (Å²) < 4.78 is 10.2. The van der Waals surface area contributed by atoms with Crippen LogP contribution in [0.25, 0.3) is 0 Å². The number of aliphatic hydroxyl groups is 1. The molecule has 0 saturated heterocycles. The van der Waals surface area contributed by atoms with Gasteiger partial charge in [0.25, 0.3) is 0 Å². The lowest BCUT2D eigenvalue weighted by atomic mass is 10.1. The minimum Gasteiger partial charge on any atom is -0.492 e. The minimum absolute atomic E-state index is 0.163. The molecule has 0 amide bonds. The molecule has 5 heteroatoms. The van der Waals surface area contributed by atoms with Crippen LogP contribution in [0.1, 0.15) is 24.8 Å². The molecule has 0 aliphatic rings. The number of benzene rings is 1. The molecule has 0 bridgehead atoms. The van der Waals surface area contributed by atoms with Gasteiger partial charge in [-0.05, 0) is 37.0 Å². The molecule has 1 rings (SSSR count). The number of aliphatic hydroxyl groups excluding tert-OH is 1. The molecule has 0 spiro atoms. The van der Waals surface area contributed by atoms with Crippen molar-refractivity contribution in [2.24, 2.45) is 0 Å². The number of hydrogen-bond acceptors (Lipinski definition) is 4. The van der Waals surface area contributed by atoms with E-state index in [0.29, 0.717) is 36.6 Å². The SMILES string of the molecule is COC(=O)CCc1ccc(OCC/C=C/CCO)c(Cl)c1. The molecular weight excluding hydrogens is 292 g/mol. The van der Waals surface area contributed by atoms with Gasteiger partial charge in [0, 0.05) is 13.0 Å². The first-order valence-corrected chi connectivity index (χ1v) is 7.29. The number of carbonyl (C=O) groups is 1. The predicted octanol–water partition coefficient (Wildman–Crippen LogP) is 3.15. The van der Waals surface area contributed by atoms with Crippen molar-refractivity contribution in [2.75, 3.05) is 20.3 Å². The van der Waals surface area contributed by atoms with Gasteiger partial charge in [-0.3, -0.25) is 4.79 Å². The van der Waals surface area contributed by atoms with Crippen molar-refractivity contribution in [2.45, 2.75) is 25.7 Å². The van der Waals surface area contributed by atoms with Gasteiger partial charge >= 0.3 is 5.97 Å². The van der Waals surface area contributed by atoms with E-state index in [1.165, 1.54) is 7.11 Å². The van der Waals surface area contributed by atoms with E-state index in [-0.39, 0.29) is 12.6 Å². The zero-order valence-corrected chi connectivity index (χ0v) is 12.9. The normalized spacial score (nSPS) is 10.8. The van der Waals surface area contributed by atoms with Crippen LogP contribution in [0.2, 0.25) is 5.02 Å². The van der Waals surface area contributed by atoms with Crippen molar-refractivity contribution in [3.63, 3.8) is 0 Å². The largest absolute Gasteiger partial charge is 0.492 e. The van der Waals surface area contributed by atoms with E-state index in [2.05, 4.69) is 4.74 Å². The van der Waals surface area contributed by atoms with Gasteiger partial charge in [0.1, 0.15) is 5.75 Å². The summed E-state index contributed by atoms with van der Waals surface area (Å²) in [6.07, 6.45) is 6.24. The van der Waals surface area contributed by atoms with Crippen LogP contribution in [-0.2, 0) is 16.0 Å². The van der Waals surface area contributed by atoms with Gasteiger partial charge in [-0.1, -0.05) is 29.8 Å². The lowest BCUT2D eigenvalue weighted by Crippen LogP contribution is -2.02. The number of aryl methyl sites for hydroxylation is 1. The van der Waals surface area contributed by atoms with E-state index in [1.807, 2.05) is 24.3 Å². The summed E-state index contributed by atoms with van der Waals surface area (Å²) in [4.78, 5) is 11.1. The molecule has 4 nitrogen and oxygen atoms in total. The van der Waals surface area contributed by atoms with Crippen molar-refractivity contribution in [1.29, 1.82) is 0 Å². The average molecular weight is 313 g/mol. The van der Waals surface area contributed by atoms with Crippen LogP contribution in [0.5, 0.6) is 5.75 Å². The molecule has 1 aromatic carbocycles. The monoisotopic (exact) mass is 312 g/mol. The number of methoxy groups -OCH3 is 1. The van der Waals surface area contributed by atoms with E-state index in [0.717, 1.165) is 12.0 Å². The van der Waals surface area contributed by atoms with Gasteiger partial charge in [-0.2, -0.15) is 0 Å². The molecule has 1 N–H and O–H groups in total. The third-order valence-electron chi connectivity index (χ3n) is 2.85. The van der Waals surface area contributed by atoms with Crippen LogP contribution in [0.15, 0.2) is 30.4 Å². The zero-order valence-electron chi connectivity index (χ0n) is 12.2. The number of hydrogen-bond donors (Lipinski definition) is 1. The highest BCUT2D eigenvalue weighted by Crippen LogP contribution is 2.26. The summed E-state index contributed by atoms with van der Waals surface area (Å²) in [5.41, 5.74) is 0.973. The van der Waals surface area contributed by atoms with Gasteiger partial charge in [0.2, 0.25) is 0 Å². The lowest BCUT2D eigenvalue weighted by molar-refractivity contribution is -0.140. The van der Waals surface area contributed by atoms with Crippen molar-refractivity contribution < 1.29 is 19.4 Å². The minimum atomic E-state index is -0.235. The van der Waals surface area contributed by atoms with Crippen molar-refractivity contribution in [3.8, 4) is 5.75 Å². The topological polar surface area (TPSA) is 55.8 Å². The van der Waals surface area contributed by atoms with E-state index in [1.54, 1.807) is 6.07 Å². The van der Waals surface area contributed by atoms with Crippen molar-refractivity contribution in [3.05, 3.63) is 40.9 Å². The maximum absolute atomic E-state index is 11.1. The standard InChI is InChI=1S/C16H21ClO4/c1-20-16(19)9-7-13-6-8-15(14(17)12-13)21-11-5-3-2-4-10-18/h2-3,6,8,12,18H,4-5,7,9-11H2,1H3/b3-2+. The molecule has 0 atom stereocenters. The Morgan fingerprint density at radius 1 is 1.33 bits per heavy atom. The summed E-state index contributed by atoms with van der Waals surface area (Å²) in [5, 5.41) is 9.17. The summed E-state index contributed by atoms with van der Waals surface area (Å²) >= 11 is 6.15. The van der Waals surface area contributed by atoms with Crippen molar-refractivity contribution >= 4 is 17.6 Å². The molecule has 21 heavy (non-hydrogen) atoms. The molecule has 0 radical (unpaired) electrons. The first-order chi connectivity index (χ1) is 10.2. The number of ether oxygens (including phenoxy) is 2. The van der Waals surface area contributed by atoms with Crippen LogP contribution < -0.4 is 4.74 Å². The summed E-state index contributed by atoms with van der Waals surface area (Å²) in [6, 6.07) is 5.51. The summed E-state index contributed by atoms with van der Waals surface area (Å²) in [5.74, 6) is 0.398. The molecule has 0 heterocycles. The van der Waals surface area contributed by atoms with E-state index in [9.17, 15) is 4.79 Å². The smallest absolute Gasteiger partial charge is 0.305 e. The fraction of sp³-hybridized carbons (Fsp3) is 0.438. The third-order valence-corrected chi connectivity index (χ3v) is 3.14. The average Bonchev–Trinajstić information content (AvgIpc) is 2.49. The highest BCUT2D eigenvalue weighted by molar-refractivity contribution is 6.32. The Hall–Kier alpha value is -1.52. The summed E-state index contributed by atoms with van der Waals surface area (Å²) in [6.45, 7) is 0.694. The van der Waals surface area contributed by atoms with Gasteiger partial charge < -0.3 is 14.6 Å². The highest BCUT2D eigenvalue weighted by Gasteiger charge is 2.05. The zero-order chi connectivity index (χ0) is 15.5. The Balaban J connectivity index is 2.41. The fourth-order valence-corrected chi connectivity index (χ4v) is 1.97. The highest BCUT2D eigenvalue weighted by atomic mass is 35.5. The van der Waals surface area contributed by atoms with Crippen LogP contribution in [0, 0.1) is 0 Å².